The lowest BCUT2D eigenvalue weighted by atomic mass is 9.84. The maximum Gasteiger partial charge on any atom is 0.261 e. The highest BCUT2D eigenvalue weighted by Gasteiger charge is 2.51. The van der Waals surface area contributed by atoms with Crippen molar-refractivity contribution in [3.63, 3.8) is 0 Å². The van der Waals surface area contributed by atoms with Gasteiger partial charge in [0.1, 0.15) is 0 Å². The highest BCUT2D eigenvalue weighted by molar-refractivity contribution is 6.99. The van der Waals surface area contributed by atoms with E-state index in [1.54, 1.807) is 6.92 Å². The molecule has 1 fully saturated rings. The molecule has 32 heavy (non-hydrogen) atoms. The molecule has 0 unspecified atom stereocenters. The predicted molar refractivity (Wildman–Crippen MR) is 137 cm³/mol. The minimum absolute atomic E-state index is 0.0281. The van der Waals surface area contributed by atoms with Crippen molar-refractivity contribution in [3.8, 4) is 0 Å². The van der Waals surface area contributed by atoms with E-state index in [0.717, 1.165) is 25.2 Å². The van der Waals surface area contributed by atoms with Crippen LogP contribution in [0, 0.1) is 5.92 Å². The minimum Gasteiger partial charge on any atom is -0.404 e. The number of amides is 1. The minimum atomic E-state index is -2.46. The van der Waals surface area contributed by atoms with Crippen molar-refractivity contribution in [3.05, 3.63) is 60.7 Å². The molecule has 0 saturated heterocycles. The summed E-state index contributed by atoms with van der Waals surface area (Å²) in [4.78, 5) is 11.3. The Morgan fingerprint density at radius 1 is 0.969 bits per heavy atom. The number of nitrogens with one attached hydrogen (secondary N) is 1. The van der Waals surface area contributed by atoms with Gasteiger partial charge in [-0.3, -0.25) is 4.79 Å². The Balaban J connectivity index is 1.75. The molecular formula is C28H41NO2Si. The van der Waals surface area contributed by atoms with Crippen LogP contribution in [-0.4, -0.2) is 26.4 Å². The fourth-order valence-corrected chi connectivity index (χ4v) is 10.1. The van der Waals surface area contributed by atoms with E-state index in [1.807, 2.05) is 0 Å². The summed E-state index contributed by atoms with van der Waals surface area (Å²) in [6, 6.07) is 22.2. The molecule has 0 spiro atoms. The van der Waals surface area contributed by atoms with E-state index in [0.29, 0.717) is 6.10 Å². The van der Waals surface area contributed by atoms with Crippen molar-refractivity contribution >= 4 is 24.6 Å². The quantitative estimate of drug-likeness (QED) is 0.544. The number of hydrogen-bond acceptors (Lipinski definition) is 2. The molecule has 1 N–H and O–H groups in total. The fourth-order valence-electron chi connectivity index (χ4n) is 5.38. The summed E-state index contributed by atoms with van der Waals surface area (Å²) in [6.45, 7) is 10.8. The molecule has 3 nitrogen and oxygen atoms in total. The van der Waals surface area contributed by atoms with E-state index >= 15 is 0 Å². The molecule has 2 aromatic rings. The van der Waals surface area contributed by atoms with Crippen molar-refractivity contribution in [2.75, 3.05) is 0 Å². The second-order valence-corrected chi connectivity index (χ2v) is 14.9. The predicted octanol–water partition coefficient (Wildman–Crippen LogP) is 5.43. The molecule has 3 rings (SSSR count). The lowest BCUT2D eigenvalue weighted by Gasteiger charge is -2.46. The molecule has 1 amide bonds. The Labute approximate surface area is 196 Å². The van der Waals surface area contributed by atoms with Crippen LogP contribution >= 0.6 is 0 Å². The molecule has 174 valence electrons. The first kappa shape index (κ1) is 24.7. The second-order valence-electron chi connectivity index (χ2n) is 10.6. The highest BCUT2D eigenvalue weighted by atomic mass is 28.4. The van der Waals surface area contributed by atoms with Gasteiger partial charge in [-0.15, -0.1) is 0 Å². The summed E-state index contributed by atoms with van der Waals surface area (Å²) in [5, 5.41) is 5.78. The van der Waals surface area contributed by atoms with Crippen molar-refractivity contribution < 1.29 is 9.22 Å². The molecule has 1 saturated carbocycles. The average Bonchev–Trinajstić information content (AvgIpc) is 2.77. The molecule has 1 atom stereocenters. The van der Waals surface area contributed by atoms with E-state index in [-0.39, 0.29) is 17.0 Å². The van der Waals surface area contributed by atoms with Crippen LogP contribution in [0.2, 0.25) is 5.04 Å². The standard InChI is InChI=1S/C28H41NO2Si/c1-22(29-23(2)30)16-17-24-18-20-25(21-19-24)31-32(28(3,4)5,26-12-8-6-9-13-26)27-14-10-7-11-15-27/h6-15,22,24-25H,16-21H2,1-5H3,(H,29,30)/t22-,24?,25?/m0/s1. The third-order valence-electron chi connectivity index (χ3n) is 7.01. The largest absolute Gasteiger partial charge is 0.404 e. The highest BCUT2D eigenvalue weighted by Crippen LogP contribution is 2.40. The smallest absolute Gasteiger partial charge is 0.261 e. The SMILES string of the molecule is CC(=O)N[C@@H](C)CCC1CCC(O[Si](c2ccccc2)(c2ccccc2)C(C)(C)C)CC1. The summed E-state index contributed by atoms with van der Waals surface area (Å²) in [5.74, 6) is 0.810. The summed E-state index contributed by atoms with van der Waals surface area (Å²) >= 11 is 0. The van der Waals surface area contributed by atoms with Crippen LogP contribution in [0.25, 0.3) is 0 Å². The van der Waals surface area contributed by atoms with Gasteiger partial charge in [0.05, 0.1) is 0 Å². The topological polar surface area (TPSA) is 38.3 Å². The van der Waals surface area contributed by atoms with Crippen molar-refractivity contribution in [1.82, 2.24) is 5.32 Å². The fraction of sp³-hybridized carbons (Fsp3) is 0.536. The van der Waals surface area contributed by atoms with Gasteiger partial charge in [-0.2, -0.15) is 0 Å². The molecule has 0 radical (unpaired) electrons. The zero-order valence-corrected chi connectivity index (χ0v) is 21.6. The van der Waals surface area contributed by atoms with Crippen molar-refractivity contribution in [2.45, 2.75) is 90.3 Å². The molecule has 0 heterocycles. The maximum atomic E-state index is 11.3. The van der Waals surface area contributed by atoms with Crippen LogP contribution in [0.1, 0.15) is 73.1 Å². The van der Waals surface area contributed by atoms with Gasteiger partial charge in [0, 0.05) is 19.1 Å². The third-order valence-corrected chi connectivity index (χ3v) is 12.1. The third kappa shape index (κ3) is 5.90. The van der Waals surface area contributed by atoms with Crippen molar-refractivity contribution in [1.29, 1.82) is 0 Å². The summed E-state index contributed by atoms with van der Waals surface area (Å²) in [6.07, 6.45) is 7.25. The number of hydrogen-bond donors (Lipinski definition) is 1. The lowest BCUT2D eigenvalue weighted by molar-refractivity contribution is -0.119. The average molecular weight is 452 g/mol. The Hall–Kier alpha value is -1.91. The maximum absolute atomic E-state index is 11.3. The van der Waals surface area contributed by atoms with Crippen LogP contribution < -0.4 is 15.7 Å². The van der Waals surface area contributed by atoms with Gasteiger partial charge >= 0.3 is 0 Å². The number of benzene rings is 2. The van der Waals surface area contributed by atoms with Crippen LogP contribution in [-0.2, 0) is 9.22 Å². The van der Waals surface area contributed by atoms with E-state index in [1.165, 1.54) is 29.6 Å². The Morgan fingerprint density at radius 3 is 1.91 bits per heavy atom. The molecule has 0 bridgehead atoms. The Morgan fingerprint density at radius 2 is 1.47 bits per heavy atom. The molecule has 0 aromatic heterocycles. The van der Waals surface area contributed by atoms with E-state index in [9.17, 15) is 4.79 Å². The Kier molecular flexibility index (Phi) is 8.35. The van der Waals surface area contributed by atoms with Crippen LogP contribution in [0.15, 0.2) is 60.7 Å². The second kappa shape index (κ2) is 10.8. The van der Waals surface area contributed by atoms with Gasteiger partial charge in [0.25, 0.3) is 8.32 Å². The van der Waals surface area contributed by atoms with E-state index in [2.05, 4.69) is 93.7 Å². The van der Waals surface area contributed by atoms with Crippen molar-refractivity contribution in [2.24, 2.45) is 5.92 Å². The first-order valence-electron chi connectivity index (χ1n) is 12.3. The van der Waals surface area contributed by atoms with Gasteiger partial charge < -0.3 is 9.74 Å². The summed E-state index contributed by atoms with van der Waals surface area (Å²) < 4.78 is 7.32. The van der Waals surface area contributed by atoms with Gasteiger partial charge in [0.15, 0.2) is 0 Å². The summed E-state index contributed by atoms with van der Waals surface area (Å²) in [7, 11) is -2.46. The van der Waals surface area contributed by atoms with Crippen LogP contribution in [0.5, 0.6) is 0 Å². The number of rotatable bonds is 8. The van der Waals surface area contributed by atoms with Gasteiger partial charge in [0.2, 0.25) is 5.91 Å². The van der Waals surface area contributed by atoms with Crippen LogP contribution in [0.4, 0.5) is 0 Å². The first-order valence-corrected chi connectivity index (χ1v) is 14.2. The molecular weight excluding hydrogens is 410 g/mol. The zero-order valence-electron chi connectivity index (χ0n) is 20.6. The number of carbonyl (C=O) groups is 1. The zero-order chi connectivity index (χ0) is 23.2. The van der Waals surface area contributed by atoms with Gasteiger partial charge in [-0.25, -0.2) is 0 Å². The van der Waals surface area contributed by atoms with Gasteiger partial charge in [-0.1, -0.05) is 81.4 Å². The van der Waals surface area contributed by atoms with E-state index < -0.39 is 8.32 Å². The molecule has 1 aliphatic carbocycles. The molecule has 0 aliphatic heterocycles. The van der Waals surface area contributed by atoms with Gasteiger partial charge in [-0.05, 0) is 66.8 Å². The summed E-state index contributed by atoms with van der Waals surface area (Å²) in [5.41, 5.74) is 0. The normalized spacial score (nSPS) is 20.5. The lowest BCUT2D eigenvalue weighted by Crippen LogP contribution is -2.67. The molecule has 2 aromatic carbocycles. The first-order chi connectivity index (χ1) is 15.2. The Bertz CT molecular complexity index is 799. The van der Waals surface area contributed by atoms with E-state index in [4.69, 9.17) is 4.43 Å². The molecule has 1 aliphatic rings. The number of carbonyl (C=O) groups excluding carboxylic acids is 1. The monoisotopic (exact) mass is 451 g/mol. The van der Waals surface area contributed by atoms with Crippen LogP contribution in [0.3, 0.4) is 0 Å². The molecule has 4 heteroatoms.